The molecular weight excluding hydrogens is 655 g/mol. The number of hydrogen-bond donors (Lipinski definition) is 0. The van der Waals surface area contributed by atoms with Crippen molar-refractivity contribution in [1.29, 1.82) is 0 Å². The lowest BCUT2D eigenvalue weighted by Crippen LogP contribution is -2.02. The predicted molar refractivity (Wildman–Crippen MR) is 227 cm³/mol. The van der Waals surface area contributed by atoms with E-state index in [1.54, 1.807) is 0 Å². The van der Waals surface area contributed by atoms with Gasteiger partial charge >= 0.3 is 0 Å². The molecule has 54 heavy (non-hydrogen) atoms. The van der Waals surface area contributed by atoms with Crippen LogP contribution in [0.1, 0.15) is 0 Å². The Bertz CT molecular complexity index is 3200. The molecule has 0 unspecified atom stereocenters. The summed E-state index contributed by atoms with van der Waals surface area (Å²) in [4.78, 5) is 15.8. The summed E-state index contributed by atoms with van der Waals surface area (Å²) >= 11 is 0. The van der Waals surface area contributed by atoms with Crippen LogP contribution in [-0.2, 0) is 0 Å². The Morgan fingerprint density at radius 2 is 0.648 bits per heavy atom. The van der Waals surface area contributed by atoms with Crippen molar-refractivity contribution in [3.05, 3.63) is 188 Å². The summed E-state index contributed by atoms with van der Waals surface area (Å²) in [5, 5.41) is 14.3. The van der Waals surface area contributed by atoms with Crippen molar-refractivity contribution in [2.75, 3.05) is 0 Å². The predicted octanol–water partition coefficient (Wildman–Crippen LogP) is 13.5. The largest absolute Gasteiger partial charge is 0.208 e. The normalized spacial score (nSPS) is 11.7. The zero-order valence-corrected chi connectivity index (χ0v) is 29.2. The minimum atomic E-state index is 0.646. The van der Waals surface area contributed by atoms with Gasteiger partial charge in [0.25, 0.3) is 0 Å². The minimum absolute atomic E-state index is 0.646. The highest BCUT2D eigenvalue weighted by atomic mass is 15.0. The van der Waals surface area contributed by atoms with Crippen LogP contribution in [0.25, 0.3) is 110 Å². The second-order valence-corrected chi connectivity index (χ2v) is 13.9. The number of benzene rings is 10. The van der Waals surface area contributed by atoms with Crippen molar-refractivity contribution in [3.8, 4) is 45.3 Å². The van der Waals surface area contributed by atoms with Crippen LogP contribution in [0.3, 0.4) is 0 Å². The van der Waals surface area contributed by atoms with Gasteiger partial charge in [-0.1, -0.05) is 182 Å². The average molecular weight is 686 g/mol. The van der Waals surface area contributed by atoms with E-state index in [-0.39, 0.29) is 0 Å². The molecule has 11 aromatic rings. The molecule has 10 aromatic carbocycles. The quantitative estimate of drug-likeness (QED) is 0.137. The van der Waals surface area contributed by atoms with E-state index in [0.717, 1.165) is 38.2 Å². The number of aromatic nitrogens is 3. The van der Waals surface area contributed by atoms with Crippen LogP contribution in [0.4, 0.5) is 0 Å². The van der Waals surface area contributed by atoms with Crippen molar-refractivity contribution < 1.29 is 0 Å². The van der Waals surface area contributed by atoms with E-state index < -0.39 is 0 Å². The van der Waals surface area contributed by atoms with Crippen molar-refractivity contribution in [3.63, 3.8) is 0 Å². The third-order valence-electron chi connectivity index (χ3n) is 10.9. The maximum absolute atomic E-state index is 5.34. The minimum Gasteiger partial charge on any atom is -0.208 e. The molecule has 0 aliphatic rings. The Kier molecular flexibility index (Phi) is 6.86. The molecule has 11 rings (SSSR count). The van der Waals surface area contributed by atoms with Gasteiger partial charge in [-0.15, -0.1) is 0 Å². The highest BCUT2D eigenvalue weighted by Gasteiger charge is 2.23. The van der Waals surface area contributed by atoms with Gasteiger partial charge in [-0.3, -0.25) is 0 Å². The fourth-order valence-electron chi connectivity index (χ4n) is 8.38. The Labute approximate surface area is 311 Å². The first-order valence-corrected chi connectivity index (χ1v) is 18.4. The summed E-state index contributed by atoms with van der Waals surface area (Å²) in [7, 11) is 0. The number of fused-ring (bicyclic) bond motifs is 9. The molecule has 0 bridgehead atoms. The van der Waals surface area contributed by atoms with Gasteiger partial charge in [0, 0.05) is 22.1 Å². The van der Waals surface area contributed by atoms with Gasteiger partial charge in [-0.2, -0.15) is 0 Å². The fourth-order valence-corrected chi connectivity index (χ4v) is 8.38. The molecule has 0 amide bonds. The Balaban J connectivity index is 1.34. The molecule has 0 N–H and O–H groups in total. The van der Waals surface area contributed by atoms with Gasteiger partial charge in [0.2, 0.25) is 0 Å². The molecule has 1 heterocycles. The molecule has 3 nitrogen and oxygen atoms in total. The first-order chi connectivity index (χ1) is 26.8. The van der Waals surface area contributed by atoms with Crippen molar-refractivity contribution in [1.82, 2.24) is 15.0 Å². The first-order valence-electron chi connectivity index (χ1n) is 18.4. The summed E-state index contributed by atoms with van der Waals surface area (Å²) in [5.74, 6) is 1.94. The summed E-state index contributed by atoms with van der Waals surface area (Å²) in [6.07, 6.45) is 0. The highest BCUT2D eigenvalue weighted by molar-refractivity contribution is 6.32. The SMILES string of the molecule is c1ccc(-c2nc(-c3ccccc3)nc(-c3c4ccc5ccccc5c4c(-c4ccc5ccc6ccccc6c5c4)c4ccc5ccccc5c34)n2)cc1. The molecule has 1 aromatic heterocycles. The Morgan fingerprint density at radius 3 is 1.24 bits per heavy atom. The van der Waals surface area contributed by atoms with Crippen molar-refractivity contribution in [2.24, 2.45) is 0 Å². The molecule has 0 aliphatic heterocycles. The highest BCUT2D eigenvalue weighted by Crippen LogP contribution is 2.48. The van der Waals surface area contributed by atoms with Crippen LogP contribution in [0.15, 0.2) is 188 Å². The van der Waals surface area contributed by atoms with Crippen LogP contribution < -0.4 is 0 Å². The maximum atomic E-state index is 5.34. The lowest BCUT2D eigenvalue weighted by Gasteiger charge is -2.21. The fraction of sp³-hybridized carbons (Fsp3) is 0. The summed E-state index contributed by atoms with van der Waals surface area (Å²) in [6, 6.07) is 67.1. The van der Waals surface area contributed by atoms with E-state index in [0.29, 0.717) is 17.5 Å². The second-order valence-electron chi connectivity index (χ2n) is 13.9. The summed E-state index contributed by atoms with van der Waals surface area (Å²) in [5.41, 5.74) is 5.29. The molecule has 0 saturated heterocycles. The molecule has 0 saturated carbocycles. The van der Waals surface area contributed by atoms with Crippen LogP contribution in [0.5, 0.6) is 0 Å². The molecule has 0 atom stereocenters. The zero-order valence-electron chi connectivity index (χ0n) is 29.2. The average Bonchev–Trinajstić information content (AvgIpc) is 3.25. The third kappa shape index (κ3) is 4.79. The van der Waals surface area contributed by atoms with Gasteiger partial charge < -0.3 is 0 Å². The summed E-state index contributed by atoms with van der Waals surface area (Å²) in [6.45, 7) is 0. The second kappa shape index (κ2) is 12.2. The summed E-state index contributed by atoms with van der Waals surface area (Å²) < 4.78 is 0. The van der Waals surface area contributed by atoms with E-state index in [2.05, 4.69) is 152 Å². The van der Waals surface area contributed by atoms with Crippen molar-refractivity contribution in [2.45, 2.75) is 0 Å². The van der Waals surface area contributed by atoms with E-state index >= 15 is 0 Å². The first kappa shape index (κ1) is 30.4. The van der Waals surface area contributed by atoms with Gasteiger partial charge in [-0.05, 0) is 76.4 Å². The van der Waals surface area contributed by atoms with Crippen LogP contribution in [-0.4, -0.2) is 15.0 Å². The smallest absolute Gasteiger partial charge is 0.165 e. The van der Waals surface area contributed by atoms with Gasteiger partial charge in [0.05, 0.1) is 0 Å². The molecule has 0 spiro atoms. The number of rotatable bonds is 4. The van der Waals surface area contributed by atoms with Gasteiger partial charge in [-0.25, -0.2) is 15.0 Å². The third-order valence-corrected chi connectivity index (χ3v) is 10.9. The van der Waals surface area contributed by atoms with Crippen LogP contribution in [0, 0.1) is 0 Å². The zero-order chi connectivity index (χ0) is 35.6. The van der Waals surface area contributed by atoms with Gasteiger partial charge in [0.1, 0.15) is 0 Å². The maximum Gasteiger partial charge on any atom is 0.165 e. The Hall–Kier alpha value is -7.23. The number of nitrogens with zero attached hydrogens (tertiary/aromatic N) is 3. The van der Waals surface area contributed by atoms with E-state index in [9.17, 15) is 0 Å². The number of hydrogen-bond acceptors (Lipinski definition) is 3. The molecule has 250 valence electrons. The van der Waals surface area contributed by atoms with Crippen LogP contribution in [0.2, 0.25) is 0 Å². The topological polar surface area (TPSA) is 38.7 Å². The Morgan fingerprint density at radius 1 is 0.241 bits per heavy atom. The molecule has 3 heteroatoms. The van der Waals surface area contributed by atoms with Crippen LogP contribution >= 0.6 is 0 Å². The molecule has 0 radical (unpaired) electrons. The standard InChI is InChI=1S/C51H31N3/c1-3-16-36(17-4-1)49-52-50(37-18-5-2-6-19-37)54-51(53-49)48-43-30-28-33-14-8-11-21-40(33)46(43)45(42-29-27-34-15-9-12-22-41(34)47(42)48)38-26-25-35-24-23-32-13-7-10-20-39(32)44(35)31-38/h1-31H. The molecular formula is C51H31N3. The van der Waals surface area contributed by atoms with E-state index in [1.165, 1.54) is 54.2 Å². The lowest BCUT2D eigenvalue weighted by molar-refractivity contribution is 1.08. The van der Waals surface area contributed by atoms with Crippen molar-refractivity contribution >= 4 is 64.6 Å². The van der Waals surface area contributed by atoms with E-state index in [4.69, 9.17) is 15.0 Å². The monoisotopic (exact) mass is 685 g/mol. The molecule has 0 aliphatic carbocycles. The lowest BCUT2D eigenvalue weighted by atomic mass is 9.83. The van der Waals surface area contributed by atoms with Gasteiger partial charge in [0.15, 0.2) is 17.5 Å². The van der Waals surface area contributed by atoms with E-state index in [1.807, 2.05) is 36.4 Å². The molecule has 0 fully saturated rings.